The molecule has 2 aliphatic rings. The van der Waals surface area contributed by atoms with E-state index in [2.05, 4.69) is 0 Å². The van der Waals surface area contributed by atoms with Crippen LogP contribution in [0.15, 0.2) is 94.1 Å². The van der Waals surface area contributed by atoms with Gasteiger partial charge in [-0.25, -0.2) is 4.39 Å². The topological polar surface area (TPSA) is 87.4 Å². The Kier molecular flexibility index (Phi) is 6.27. The quantitative estimate of drug-likeness (QED) is 0.239. The molecule has 8 nitrogen and oxygen atoms in total. The average Bonchev–Trinajstić information content (AvgIpc) is 3.59. The standard InChI is InChI=1S/C33H24FNO7/c1-38-27-14-21(8-11-25(27)39-17-19-5-3-2-4-6-19)30-29-31(36)23-15-22(34)9-12-24(23)42-32(29)33(37)35(30)16-20-7-10-26-28(13-20)41-18-40-26/h2-15,30H,16-18H2,1H3. The second kappa shape index (κ2) is 10.3. The number of rotatable bonds is 7. The number of methoxy groups -OCH3 is 1. The van der Waals surface area contributed by atoms with Gasteiger partial charge in [0.25, 0.3) is 5.91 Å². The van der Waals surface area contributed by atoms with Crippen molar-refractivity contribution < 1.29 is 32.5 Å². The zero-order valence-corrected chi connectivity index (χ0v) is 22.5. The maximum absolute atomic E-state index is 14.2. The van der Waals surface area contributed by atoms with Crippen LogP contribution in [0.25, 0.3) is 11.0 Å². The van der Waals surface area contributed by atoms with Crippen molar-refractivity contribution in [3.63, 3.8) is 0 Å². The SMILES string of the molecule is COc1cc(C2c3c(oc4ccc(F)cc4c3=O)C(=O)N2Cc2ccc3c(c2)OCO3)ccc1OCc1ccccc1. The van der Waals surface area contributed by atoms with Gasteiger partial charge >= 0.3 is 0 Å². The van der Waals surface area contributed by atoms with Crippen LogP contribution in [0.4, 0.5) is 4.39 Å². The van der Waals surface area contributed by atoms with Crippen molar-refractivity contribution in [3.8, 4) is 23.0 Å². The van der Waals surface area contributed by atoms with Gasteiger partial charge in [0, 0.05) is 6.54 Å². The summed E-state index contributed by atoms with van der Waals surface area (Å²) in [5, 5.41) is 0.0614. The molecule has 1 atom stereocenters. The monoisotopic (exact) mass is 565 g/mol. The Hall–Kier alpha value is -5.31. The molecule has 2 aliphatic heterocycles. The van der Waals surface area contributed by atoms with Crippen LogP contribution in [0.2, 0.25) is 0 Å². The molecule has 1 amide bonds. The lowest BCUT2D eigenvalue weighted by Crippen LogP contribution is -2.29. The number of fused-ring (bicyclic) bond motifs is 3. The van der Waals surface area contributed by atoms with Crippen LogP contribution >= 0.6 is 0 Å². The van der Waals surface area contributed by atoms with E-state index in [0.29, 0.717) is 35.2 Å². The molecule has 0 aliphatic carbocycles. The van der Waals surface area contributed by atoms with Crippen molar-refractivity contribution in [3.05, 3.63) is 129 Å². The van der Waals surface area contributed by atoms with E-state index >= 15 is 0 Å². The molecule has 4 aromatic carbocycles. The number of benzene rings is 4. The first kappa shape index (κ1) is 25.6. The summed E-state index contributed by atoms with van der Waals surface area (Å²) < 4.78 is 42.8. The Morgan fingerprint density at radius 1 is 0.881 bits per heavy atom. The fourth-order valence-corrected chi connectivity index (χ4v) is 5.45. The maximum Gasteiger partial charge on any atom is 0.291 e. The van der Waals surface area contributed by atoms with Gasteiger partial charge in [-0.1, -0.05) is 42.5 Å². The third kappa shape index (κ3) is 4.39. The van der Waals surface area contributed by atoms with Crippen LogP contribution in [0, 0.1) is 5.82 Å². The van der Waals surface area contributed by atoms with Gasteiger partial charge in [-0.3, -0.25) is 9.59 Å². The Morgan fingerprint density at radius 3 is 2.55 bits per heavy atom. The molecule has 7 rings (SSSR count). The predicted molar refractivity (Wildman–Crippen MR) is 150 cm³/mol. The summed E-state index contributed by atoms with van der Waals surface area (Å²) >= 11 is 0. The van der Waals surface area contributed by atoms with Crippen LogP contribution in [-0.2, 0) is 13.2 Å². The van der Waals surface area contributed by atoms with Crippen molar-refractivity contribution in [1.29, 1.82) is 0 Å². The molecule has 0 spiro atoms. The summed E-state index contributed by atoms with van der Waals surface area (Å²) in [5.74, 6) is 1.02. The summed E-state index contributed by atoms with van der Waals surface area (Å²) in [5.41, 5.74) is 2.17. The van der Waals surface area contributed by atoms with Crippen molar-refractivity contribution in [2.75, 3.05) is 13.9 Å². The van der Waals surface area contributed by atoms with E-state index in [1.54, 1.807) is 35.2 Å². The molecule has 0 saturated heterocycles. The summed E-state index contributed by atoms with van der Waals surface area (Å²) in [6.07, 6.45) is 0. The Morgan fingerprint density at radius 2 is 1.71 bits per heavy atom. The smallest absolute Gasteiger partial charge is 0.291 e. The number of hydrogen-bond acceptors (Lipinski definition) is 7. The minimum Gasteiger partial charge on any atom is -0.493 e. The summed E-state index contributed by atoms with van der Waals surface area (Å²) in [6, 6.07) is 23.3. The Labute approximate surface area is 239 Å². The molecule has 0 bridgehead atoms. The summed E-state index contributed by atoms with van der Waals surface area (Å²) in [7, 11) is 1.53. The molecule has 1 aromatic heterocycles. The van der Waals surface area contributed by atoms with Crippen molar-refractivity contribution in [2.45, 2.75) is 19.2 Å². The number of amides is 1. The second-order valence-electron chi connectivity index (χ2n) is 10.0. The molecular weight excluding hydrogens is 541 g/mol. The molecule has 1 unspecified atom stereocenters. The lowest BCUT2D eigenvalue weighted by atomic mass is 9.97. The maximum atomic E-state index is 14.2. The van der Waals surface area contributed by atoms with Gasteiger partial charge in [0.1, 0.15) is 18.0 Å². The van der Waals surface area contributed by atoms with Gasteiger partial charge in [0.2, 0.25) is 12.6 Å². The highest BCUT2D eigenvalue weighted by molar-refractivity contribution is 5.99. The Bertz CT molecular complexity index is 1900. The molecule has 0 saturated carbocycles. The molecule has 0 radical (unpaired) electrons. The summed E-state index contributed by atoms with van der Waals surface area (Å²) in [4.78, 5) is 29.3. The molecule has 9 heteroatoms. The van der Waals surface area contributed by atoms with E-state index in [9.17, 15) is 14.0 Å². The number of halogens is 1. The highest BCUT2D eigenvalue weighted by Gasteiger charge is 2.43. The van der Waals surface area contributed by atoms with Crippen LogP contribution in [0.5, 0.6) is 23.0 Å². The van der Waals surface area contributed by atoms with Crippen LogP contribution in [0.1, 0.15) is 38.9 Å². The molecule has 0 N–H and O–H groups in total. The van der Waals surface area contributed by atoms with Crippen LogP contribution < -0.4 is 24.4 Å². The molecule has 0 fully saturated rings. The molecule has 5 aromatic rings. The van der Waals surface area contributed by atoms with E-state index in [0.717, 1.165) is 17.2 Å². The molecule has 3 heterocycles. The van der Waals surface area contributed by atoms with Crippen molar-refractivity contribution in [1.82, 2.24) is 4.90 Å². The minimum atomic E-state index is -0.834. The van der Waals surface area contributed by atoms with Crippen LogP contribution in [-0.4, -0.2) is 24.7 Å². The second-order valence-corrected chi connectivity index (χ2v) is 10.0. The fourth-order valence-electron chi connectivity index (χ4n) is 5.45. The van der Waals surface area contributed by atoms with Gasteiger partial charge in [0.05, 0.1) is 24.1 Å². The van der Waals surface area contributed by atoms with E-state index in [-0.39, 0.29) is 35.6 Å². The molecule has 210 valence electrons. The minimum absolute atomic E-state index is 0.0614. The zero-order chi connectivity index (χ0) is 28.8. The third-order valence-corrected chi connectivity index (χ3v) is 7.46. The first-order valence-corrected chi connectivity index (χ1v) is 13.3. The highest BCUT2D eigenvalue weighted by Crippen LogP contribution is 2.42. The van der Waals surface area contributed by atoms with Crippen molar-refractivity contribution >= 4 is 16.9 Å². The lowest BCUT2D eigenvalue weighted by Gasteiger charge is -2.26. The number of hydrogen-bond donors (Lipinski definition) is 0. The van der Waals surface area contributed by atoms with Gasteiger partial charge < -0.3 is 28.3 Å². The lowest BCUT2D eigenvalue weighted by molar-refractivity contribution is 0.0714. The predicted octanol–water partition coefficient (Wildman–Crippen LogP) is 5.99. The van der Waals surface area contributed by atoms with E-state index in [4.69, 9.17) is 23.4 Å². The van der Waals surface area contributed by atoms with E-state index < -0.39 is 23.2 Å². The zero-order valence-electron chi connectivity index (χ0n) is 22.5. The highest BCUT2D eigenvalue weighted by atomic mass is 19.1. The molecule has 42 heavy (non-hydrogen) atoms. The van der Waals surface area contributed by atoms with E-state index in [1.165, 1.54) is 19.2 Å². The number of nitrogens with zero attached hydrogens (tertiary/aromatic N) is 1. The number of carbonyl (C=O) groups is 1. The third-order valence-electron chi connectivity index (χ3n) is 7.46. The van der Waals surface area contributed by atoms with Gasteiger partial charge in [-0.2, -0.15) is 0 Å². The average molecular weight is 566 g/mol. The molecular formula is C33H24FNO7. The number of ether oxygens (including phenoxy) is 4. The first-order valence-electron chi connectivity index (χ1n) is 13.3. The van der Waals surface area contributed by atoms with Gasteiger partial charge in [-0.15, -0.1) is 0 Å². The van der Waals surface area contributed by atoms with Gasteiger partial charge in [-0.05, 0) is 59.2 Å². The summed E-state index contributed by atoms with van der Waals surface area (Å²) in [6.45, 7) is 0.595. The Balaban J connectivity index is 1.32. The fraction of sp³-hybridized carbons (Fsp3) is 0.152. The van der Waals surface area contributed by atoms with E-state index in [1.807, 2.05) is 36.4 Å². The number of carbonyl (C=O) groups excluding carboxylic acids is 1. The normalized spacial score (nSPS) is 15.2. The van der Waals surface area contributed by atoms with Crippen LogP contribution in [0.3, 0.4) is 0 Å². The van der Waals surface area contributed by atoms with Crippen molar-refractivity contribution in [2.24, 2.45) is 0 Å². The first-order chi connectivity index (χ1) is 20.5. The van der Waals surface area contributed by atoms with Gasteiger partial charge in [0.15, 0.2) is 28.4 Å². The largest absolute Gasteiger partial charge is 0.493 e.